The second-order valence-electron chi connectivity index (χ2n) is 6.19. The SMILES string of the molecule is CNCC(C)C(=O)N1CCN(C(=O)c2n[nH]c3ccccc23)CC1. The van der Waals surface area contributed by atoms with Gasteiger partial charge in [-0.1, -0.05) is 25.1 Å². The van der Waals surface area contributed by atoms with Crippen molar-refractivity contribution in [1.29, 1.82) is 0 Å². The van der Waals surface area contributed by atoms with Crippen LogP contribution >= 0.6 is 0 Å². The van der Waals surface area contributed by atoms with Crippen LogP contribution < -0.4 is 5.32 Å². The zero-order chi connectivity index (χ0) is 17.1. The van der Waals surface area contributed by atoms with Gasteiger partial charge in [0.15, 0.2) is 5.69 Å². The lowest BCUT2D eigenvalue weighted by Gasteiger charge is -2.35. The van der Waals surface area contributed by atoms with Gasteiger partial charge >= 0.3 is 0 Å². The van der Waals surface area contributed by atoms with Gasteiger partial charge in [-0.15, -0.1) is 0 Å². The third kappa shape index (κ3) is 3.12. The summed E-state index contributed by atoms with van der Waals surface area (Å²) in [5.41, 5.74) is 1.31. The summed E-state index contributed by atoms with van der Waals surface area (Å²) in [5.74, 6) is 0.0111. The zero-order valence-electron chi connectivity index (χ0n) is 14.1. The summed E-state index contributed by atoms with van der Waals surface area (Å²) in [6, 6.07) is 7.60. The topological polar surface area (TPSA) is 81.3 Å². The second-order valence-corrected chi connectivity index (χ2v) is 6.19. The molecule has 1 saturated heterocycles. The van der Waals surface area contributed by atoms with Gasteiger partial charge in [0, 0.05) is 44.0 Å². The van der Waals surface area contributed by atoms with Crippen LogP contribution in [0.4, 0.5) is 0 Å². The minimum absolute atomic E-state index is 0.0486. The van der Waals surface area contributed by atoms with E-state index in [4.69, 9.17) is 0 Å². The molecule has 2 N–H and O–H groups in total. The van der Waals surface area contributed by atoms with Crippen LogP contribution in [0.25, 0.3) is 10.9 Å². The maximum Gasteiger partial charge on any atom is 0.275 e. The predicted molar refractivity (Wildman–Crippen MR) is 91.7 cm³/mol. The van der Waals surface area contributed by atoms with Crippen molar-refractivity contribution in [3.05, 3.63) is 30.0 Å². The van der Waals surface area contributed by atoms with Gasteiger partial charge in [-0.25, -0.2) is 0 Å². The molecule has 128 valence electrons. The molecule has 1 aliphatic heterocycles. The van der Waals surface area contributed by atoms with Crippen molar-refractivity contribution in [3.63, 3.8) is 0 Å². The van der Waals surface area contributed by atoms with Crippen LogP contribution in [-0.4, -0.2) is 71.6 Å². The highest BCUT2D eigenvalue weighted by molar-refractivity contribution is 6.04. The summed E-state index contributed by atoms with van der Waals surface area (Å²) in [4.78, 5) is 28.7. The molecule has 3 rings (SSSR count). The number of carbonyl (C=O) groups is 2. The molecule has 0 radical (unpaired) electrons. The Morgan fingerprint density at radius 2 is 1.88 bits per heavy atom. The van der Waals surface area contributed by atoms with Crippen molar-refractivity contribution in [2.24, 2.45) is 5.92 Å². The maximum absolute atomic E-state index is 12.7. The highest BCUT2D eigenvalue weighted by Gasteiger charge is 2.28. The molecule has 1 aromatic heterocycles. The van der Waals surface area contributed by atoms with Crippen molar-refractivity contribution in [3.8, 4) is 0 Å². The lowest BCUT2D eigenvalue weighted by atomic mass is 10.1. The number of nitrogens with one attached hydrogen (secondary N) is 2. The summed E-state index contributed by atoms with van der Waals surface area (Å²) < 4.78 is 0. The minimum atomic E-state index is -0.0807. The van der Waals surface area contributed by atoms with Crippen molar-refractivity contribution >= 4 is 22.7 Å². The van der Waals surface area contributed by atoms with Gasteiger partial charge in [-0.3, -0.25) is 14.7 Å². The Morgan fingerprint density at radius 1 is 1.21 bits per heavy atom. The number of rotatable bonds is 4. The van der Waals surface area contributed by atoms with Crippen LogP contribution in [0, 0.1) is 5.92 Å². The van der Waals surface area contributed by atoms with Crippen LogP contribution in [-0.2, 0) is 4.79 Å². The minimum Gasteiger partial charge on any atom is -0.339 e. The molecule has 1 aliphatic rings. The van der Waals surface area contributed by atoms with Gasteiger partial charge in [-0.2, -0.15) is 5.10 Å². The first-order chi connectivity index (χ1) is 11.6. The number of aromatic nitrogens is 2. The van der Waals surface area contributed by atoms with E-state index in [-0.39, 0.29) is 17.7 Å². The van der Waals surface area contributed by atoms with Gasteiger partial charge in [0.2, 0.25) is 5.91 Å². The fourth-order valence-corrected chi connectivity index (χ4v) is 3.11. The molecular formula is C17H23N5O2. The summed E-state index contributed by atoms with van der Waals surface area (Å²) in [7, 11) is 1.84. The highest BCUT2D eigenvalue weighted by atomic mass is 16.2. The molecule has 2 amide bonds. The standard InChI is InChI=1S/C17H23N5O2/c1-12(11-18-2)16(23)21-7-9-22(10-8-21)17(24)15-13-5-3-4-6-14(13)19-20-15/h3-6,12,18H,7-11H2,1-2H3,(H,19,20). The highest BCUT2D eigenvalue weighted by Crippen LogP contribution is 2.18. The normalized spacial score (nSPS) is 16.4. The van der Waals surface area contributed by atoms with Crippen LogP contribution in [0.1, 0.15) is 17.4 Å². The molecule has 0 bridgehead atoms. The van der Waals surface area contributed by atoms with Gasteiger partial charge in [-0.05, 0) is 13.1 Å². The Morgan fingerprint density at radius 3 is 2.58 bits per heavy atom. The molecule has 7 heteroatoms. The monoisotopic (exact) mass is 329 g/mol. The van der Waals surface area contributed by atoms with Crippen LogP contribution in [0.3, 0.4) is 0 Å². The lowest BCUT2D eigenvalue weighted by molar-refractivity contribution is -0.136. The van der Waals surface area contributed by atoms with E-state index in [1.54, 1.807) is 4.90 Å². The first-order valence-corrected chi connectivity index (χ1v) is 8.27. The van der Waals surface area contributed by atoms with Crippen LogP contribution in [0.5, 0.6) is 0 Å². The van der Waals surface area contributed by atoms with Crippen molar-refractivity contribution in [1.82, 2.24) is 25.3 Å². The summed E-state index contributed by atoms with van der Waals surface area (Å²) in [5, 5.41) is 10.9. The second kappa shape index (κ2) is 7.00. The fourth-order valence-electron chi connectivity index (χ4n) is 3.11. The Bertz CT molecular complexity index is 733. The largest absolute Gasteiger partial charge is 0.339 e. The molecule has 7 nitrogen and oxygen atoms in total. The molecule has 2 heterocycles. The number of piperazine rings is 1. The van der Waals surface area contributed by atoms with Crippen molar-refractivity contribution < 1.29 is 9.59 Å². The van der Waals surface area contributed by atoms with E-state index in [9.17, 15) is 9.59 Å². The molecule has 0 spiro atoms. The molecule has 1 atom stereocenters. The van der Waals surface area contributed by atoms with E-state index < -0.39 is 0 Å². The quantitative estimate of drug-likeness (QED) is 0.865. The lowest BCUT2D eigenvalue weighted by Crippen LogP contribution is -2.52. The number of hydrogen-bond donors (Lipinski definition) is 2. The van der Waals surface area contributed by atoms with E-state index >= 15 is 0 Å². The molecular weight excluding hydrogens is 306 g/mol. The molecule has 1 fully saturated rings. The first-order valence-electron chi connectivity index (χ1n) is 8.27. The summed E-state index contributed by atoms with van der Waals surface area (Å²) >= 11 is 0. The van der Waals surface area contributed by atoms with Crippen molar-refractivity contribution in [2.75, 3.05) is 39.8 Å². The number of para-hydroxylation sites is 1. The Labute approximate surface area is 141 Å². The van der Waals surface area contributed by atoms with Crippen LogP contribution in [0.2, 0.25) is 0 Å². The number of nitrogens with zero attached hydrogens (tertiary/aromatic N) is 3. The molecule has 24 heavy (non-hydrogen) atoms. The number of hydrogen-bond acceptors (Lipinski definition) is 4. The molecule has 0 aliphatic carbocycles. The van der Waals surface area contributed by atoms with E-state index in [1.807, 2.05) is 43.1 Å². The summed E-state index contributed by atoms with van der Waals surface area (Å²) in [6.45, 7) is 4.81. The molecule has 1 aromatic carbocycles. The number of aromatic amines is 1. The number of fused-ring (bicyclic) bond motifs is 1. The Hall–Kier alpha value is -2.41. The first kappa shape index (κ1) is 16.4. The van der Waals surface area contributed by atoms with Crippen LogP contribution in [0.15, 0.2) is 24.3 Å². The number of carbonyl (C=O) groups excluding carboxylic acids is 2. The predicted octanol–water partition coefficient (Wildman–Crippen LogP) is 0.703. The smallest absolute Gasteiger partial charge is 0.275 e. The third-order valence-corrected chi connectivity index (χ3v) is 4.48. The average Bonchev–Trinajstić information content (AvgIpc) is 3.05. The number of H-pyrrole nitrogens is 1. The zero-order valence-corrected chi connectivity index (χ0v) is 14.1. The van der Waals surface area contributed by atoms with Gasteiger partial charge in [0.25, 0.3) is 5.91 Å². The molecule has 1 unspecified atom stereocenters. The third-order valence-electron chi connectivity index (χ3n) is 4.48. The van der Waals surface area contributed by atoms with E-state index in [2.05, 4.69) is 15.5 Å². The summed E-state index contributed by atoms with van der Waals surface area (Å²) in [6.07, 6.45) is 0. The molecule has 0 saturated carbocycles. The van der Waals surface area contributed by atoms with E-state index in [0.29, 0.717) is 38.4 Å². The number of amides is 2. The average molecular weight is 329 g/mol. The Kier molecular flexibility index (Phi) is 4.80. The van der Waals surface area contributed by atoms with Gasteiger partial charge < -0.3 is 15.1 Å². The maximum atomic E-state index is 12.7. The van der Waals surface area contributed by atoms with E-state index in [0.717, 1.165) is 10.9 Å². The van der Waals surface area contributed by atoms with E-state index in [1.165, 1.54) is 0 Å². The fraction of sp³-hybridized carbons (Fsp3) is 0.471. The molecule has 2 aromatic rings. The Balaban J connectivity index is 1.64. The van der Waals surface area contributed by atoms with Crippen molar-refractivity contribution in [2.45, 2.75) is 6.92 Å². The van der Waals surface area contributed by atoms with Gasteiger partial charge in [0.1, 0.15) is 0 Å². The number of benzene rings is 1. The van der Waals surface area contributed by atoms with Gasteiger partial charge in [0.05, 0.1) is 5.52 Å².